The Labute approximate surface area is 162 Å². The molecule has 2 N–H and O–H groups in total. The van der Waals surface area contributed by atoms with Crippen LogP contribution in [0.25, 0.3) is 33.3 Å². The molecule has 0 spiro atoms. The molecule has 0 aliphatic rings. The Balaban J connectivity index is 1.94. The fraction of sp³-hybridized carbons (Fsp3) is 0.286. The summed E-state index contributed by atoms with van der Waals surface area (Å²) >= 11 is 0. The van der Waals surface area contributed by atoms with Gasteiger partial charge in [-0.25, -0.2) is 9.97 Å². The highest BCUT2D eigenvalue weighted by Crippen LogP contribution is 2.33. The summed E-state index contributed by atoms with van der Waals surface area (Å²) < 4.78 is 9.14. The smallest absolute Gasteiger partial charge is 0.237 e. The van der Waals surface area contributed by atoms with Crippen LogP contribution in [0.2, 0.25) is 0 Å². The Morgan fingerprint density at radius 3 is 2.75 bits per heavy atom. The first-order valence-electron chi connectivity index (χ1n) is 9.18. The van der Waals surface area contributed by atoms with Crippen molar-refractivity contribution in [3.05, 3.63) is 47.9 Å². The van der Waals surface area contributed by atoms with Crippen LogP contribution in [0.3, 0.4) is 0 Å². The van der Waals surface area contributed by atoms with Crippen molar-refractivity contribution in [2.75, 3.05) is 13.7 Å². The first-order valence-corrected chi connectivity index (χ1v) is 9.18. The highest BCUT2D eigenvalue weighted by atomic mass is 16.5. The molecular weight excluding hydrogens is 354 g/mol. The number of ether oxygens (including phenoxy) is 1. The largest absolute Gasteiger partial charge is 0.383 e. The summed E-state index contributed by atoms with van der Waals surface area (Å²) in [7, 11) is 1.69. The molecule has 0 unspecified atom stereocenters. The second-order valence-electron chi connectivity index (χ2n) is 7.03. The minimum atomic E-state index is -0.390. The van der Waals surface area contributed by atoms with E-state index in [4.69, 9.17) is 15.5 Å². The number of amides is 1. The maximum Gasteiger partial charge on any atom is 0.237 e. The minimum absolute atomic E-state index is 0.107. The quantitative estimate of drug-likeness (QED) is 0.560. The number of primary amides is 1. The molecule has 0 aliphatic carbocycles. The number of carbonyl (C=O) groups is 1. The molecule has 4 heterocycles. The van der Waals surface area contributed by atoms with E-state index in [9.17, 15) is 4.79 Å². The van der Waals surface area contributed by atoms with Crippen molar-refractivity contribution < 1.29 is 9.53 Å². The van der Waals surface area contributed by atoms with Crippen LogP contribution in [0.1, 0.15) is 11.1 Å². The molecule has 7 heteroatoms. The molecule has 0 aliphatic heterocycles. The second-order valence-corrected chi connectivity index (χ2v) is 7.03. The van der Waals surface area contributed by atoms with Crippen molar-refractivity contribution in [1.29, 1.82) is 0 Å². The van der Waals surface area contributed by atoms with Crippen LogP contribution in [0.4, 0.5) is 0 Å². The minimum Gasteiger partial charge on any atom is -0.383 e. The predicted molar refractivity (Wildman–Crippen MR) is 109 cm³/mol. The highest BCUT2D eigenvalue weighted by Gasteiger charge is 2.17. The van der Waals surface area contributed by atoms with E-state index in [1.165, 1.54) is 0 Å². The van der Waals surface area contributed by atoms with Crippen molar-refractivity contribution in [2.24, 2.45) is 5.73 Å². The number of aromatic nitrogens is 4. The van der Waals surface area contributed by atoms with Crippen molar-refractivity contribution in [1.82, 2.24) is 19.1 Å². The summed E-state index contributed by atoms with van der Waals surface area (Å²) in [5.41, 5.74) is 11.2. The lowest BCUT2D eigenvalue weighted by atomic mass is 10.1. The van der Waals surface area contributed by atoms with Crippen LogP contribution in [0, 0.1) is 13.8 Å². The van der Waals surface area contributed by atoms with Crippen LogP contribution >= 0.6 is 0 Å². The zero-order valence-electron chi connectivity index (χ0n) is 16.3. The zero-order valence-corrected chi connectivity index (χ0v) is 16.3. The number of hydrogen-bond acceptors (Lipinski definition) is 4. The average Bonchev–Trinajstić information content (AvgIpc) is 3.22. The first-order chi connectivity index (χ1) is 13.5. The van der Waals surface area contributed by atoms with Gasteiger partial charge in [0.2, 0.25) is 5.91 Å². The molecule has 4 rings (SSSR count). The van der Waals surface area contributed by atoms with E-state index in [0.717, 1.165) is 44.5 Å². The lowest BCUT2D eigenvalue weighted by Crippen LogP contribution is -2.18. The highest BCUT2D eigenvalue weighted by molar-refractivity contribution is 5.97. The number of hydrogen-bond donors (Lipinski definition) is 1. The number of nitrogens with zero attached hydrogens (tertiary/aromatic N) is 4. The van der Waals surface area contributed by atoms with Crippen molar-refractivity contribution in [3.63, 3.8) is 0 Å². The van der Waals surface area contributed by atoms with E-state index in [2.05, 4.69) is 35.7 Å². The molecule has 4 aromatic rings. The molecule has 1 amide bonds. The maximum absolute atomic E-state index is 11.4. The maximum atomic E-state index is 11.4. The Hall–Kier alpha value is -3.19. The average molecular weight is 377 g/mol. The number of aryl methyl sites for hydroxylation is 2. The molecule has 0 bridgehead atoms. The Kier molecular flexibility index (Phi) is 4.60. The zero-order chi connectivity index (χ0) is 19.8. The van der Waals surface area contributed by atoms with E-state index in [1.54, 1.807) is 11.7 Å². The van der Waals surface area contributed by atoms with E-state index in [-0.39, 0.29) is 6.54 Å². The number of nitrogens with two attached hydrogens (primary N) is 1. The van der Waals surface area contributed by atoms with E-state index in [0.29, 0.717) is 13.2 Å². The predicted octanol–water partition coefficient (Wildman–Crippen LogP) is 2.80. The van der Waals surface area contributed by atoms with E-state index in [1.807, 2.05) is 24.5 Å². The number of pyridine rings is 2. The van der Waals surface area contributed by atoms with Gasteiger partial charge in [0.15, 0.2) is 0 Å². The third-order valence-electron chi connectivity index (χ3n) is 5.04. The van der Waals surface area contributed by atoms with Crippen LogP contribution in [0.5, 0.6) is 0 Å². The van der Waals surface area contributed by atoms with Gasteiger partial charge in [-0.05, 0) is 43.2 Å². The second kappa shape index (κ2) is 7.09. The van der Waals surface area contributed by atoms with E-state index >= 15 is 0 Å². The van der Waals surface area contributed by atoms with Gasteiger partial charge in [-0.2, -0.15) is 0 Å². The molecule has 28 heavy (non-hydrogen) atoms. The topological polar surface area (TPSA) is 88.0 Å². The number of methoxy groups -OCH3 is 1. The standard InChI is InChI=1S/C21H23N5O2/c1-13-4-6-23-21-19(13)16(11-26(21)8-9-28-3)17-10-14(2)15-5-7-25(12-18(22)27)20(15)24-17/h4-7,10-11H,8-9,12H2,1-3H3,(H2,22,27). The molecule has 0 saturated heterocycles. The van der Waals surface area contributed by atoms with Gasteiger partial charge in [0.1, 0.15) is 17.8 Å². The summed E-state index contributed by atoms with van der Waals surface area (Å²) in [5.74, 6) is -0.390. The van der Waals surface area contributed by atoms with Gasteiger partial charge in [0.05, 0.1) is 12.3 Å². The van der Waals surface area contributed by atoms with Gasteiger partial charge in [-0.15, -0.1) is 0 Å². The molecule has 0 aromatic carbocycles. The van der Waals surface area contributed by atoms with Crippen LogP contribution in [-0.2, 0) is 22.6 Å². The number of carbonyl (C=O) groups excluding carboxylic acids is 1. The van der Waals surface area contributed by atoms with Crippen molar-refractivity contribution >= 4 is 28.0 Å². The molecule has 0 fully saturated rings. The van der Waals surface area contributed by atoms with E-state index < -0.39 is 5.91 Å². The molecule has 0 radical (unpaired) electrons. The third-order valence-corrected chi connectivity index (χ3v) is 5.04. The van der Waals surface area contributed by atoms with Crippen LogP contribution < -0.4 is 5.73 Å². The fourth-order valence-electron chi connectivity index (χ4n) is 3.69. The van der Waals surface area contributed by atoms with Gasteiger partial charge < -0.3 is 19.6 Å². The van der Waals surface area contributed by atoms with Crippen LogP contribution in [0.15, 0.2) is 36.8 Å². The third kappa shape index (κ3) is 3.03. The molecular formula is C21H23N5O2. The van der Waals surface area contributed by atoms with Gasteiger partial charge in [0.25, 0.3) is 0 Å². The van der Waals surface area contributed by atoms with Gasteiger partial charge in [-0.3, -0.25) is 4.79 Å². The van der Waals surface area contributed by atoms with Gasteiger partial charge in [0, 0.05) is 48.6 Å². The monoisotopic (exact) mass is 377 g/mol. The molecule has 4 aromatic heterocycles. The molecule has 0 saturated carbocycles. The summed E-state index contributed by atoms with van der Waals surface area (Å²) in [6.07, 6.45) is 5.76. The lowest BCUT2D eigenvalue weighted by Gasteiger charge is -2.07. The normalized spacial score (nSPS) is 11.5. The molecule has 7 nitrogen and oxygen atoms in total. The SMILES string of the molecule is COCCn1cc(-c2cc(C)c3ccn(CC(N)=O)c3n2)c2c(C)ccnc21. The molecule has 0 atom stereocenters. The Morgan fingerprint density at radius 2 is 2.00 bits per heavy atom. The Bertz CT molecular complexity index is 1190. The first kappa shape index (κ1) is 18.2. The summed E-state index contributed by atoms with van der Waals surface area (Å²) in [6, 6.07) is 6.06. The van der Waals surface area contributed by atoms with Gasteiger partial charge >= 0.3 is 0 Å². The van der Waals surface area contributed by atoms with Gasteiger partial charge in [-0.1, -0.05) is 0 Å². The number of rotatable bonds is 6. The summed E-state index contributed by atoms with van der Waals surface area (Å²) in [5, 5.41) is 2.10. The molecule has 144 valence electrons. The van der Waals surface area contributed by atoms with Crippen molar-refractivity contribution in [2.45, 2.75) is 26.9 Å². The number of fused-ring (bicyclic) bond motifs is 2. The summed E-state index contributed by atoms with van der Waals surface area (Å²) in [6.45, 7) is 5.55. The van der Waals surface area contributed by atoms with Crippen LogP contribution in [-0.4, -0.2) is 38.7 Å². The Morgan fingerprint density at radius 1 is 1.18 bits per heavy atom. The lowest BCUT2D eigenvalue weighted by molar-refractivity contribution is -0.118. The summed E-state index contributed by atoms with van der Waals surface area (Å²) in [4.78, 5) is 20.9. The fourth-order valence-corrected chi connectivity index (χ4v) is 3.69. The van der Waals surface area contributed by atoms with Crippen molar-refractivity contribution in [3.8, 4) is 11.3 Å².